The van der Waals surface area contributed by atoms with Gasteiger partial charge in [0.15, 0.2) is 0 Å². The maximum atomic E-state index is 12.3. The van der Waals surface area contributed by atoms with Crippen molar-refractivity contribution in [2.45, 2.75) is 24.8 Å². The molecule has 0 aromatic heterocycles. The lowest BCUT2D eigenvalue weighted by Gasteiger charge is -2.15. The van der Waals surface area contributed by atoms with E-state index in [0.29, 0.717) is 10.0 Å². The summed E-state index contributed by atoms with van der Waals surface area (Å²) in [6, 6.07) is 1.94. The molecule has 0 aliphatic rings. The SMILES string of the molecule is Cc1c(Br)cc(C(=O)O)cc1S(=O)(=O)NC(C)CS(C)=O. The predicted molar refractivity (Wildman–Crippen MR) is 84.6 cm³/mol. The number of nitrogens with one attached hydrogen (secondary N) is 1. The number of halogens is 1. The molecule has 9 heteroatoms. The molecular weight excluding hydrogens is 382 g/mol. The molecule has 2 unspecified atom stereocenters. The van der Waals surface area contributed by atoms with Crippen LogP contribution in [-0.2, 0) is 20.8 Å². The van der Waals surface area contributed by atoms with Crippen LogP contribution in [0.15, 0.2) is 21.5 Å². The van der Waals surface area contributed by atoms with Gasteiger partial charge in [0.05, 0.1) is 10.5 Å². The van der Waals surface area contributed by atoms with Crippen LogP contribution < -0.4 is 4.72 Å². The fourth-order valence-electron chi connectivity index (χ4n) is 1.77. The molecule has 0 radical (unpaired) electrons. The minimum Gasteiger partial charge on any atom is -0.478 e. The van der Waals surface area contributed by atoms with E-state index in [1.165, 1.54) is 12.3 Å². The number of carboxylic acid groups (broad SMARTS) is 1. The van der Waals surface area contributed by atoms with Gasteiger partial charge in [-0.05, 0) is 31.5 Å². The van der Waals surface area contributed by atoms with Crippen LogP contribution in [-0.4, -0.2) is 41.8 Å². The van der Waals surface area contributed by atoms with E-state index >= 15 is 0 Å². The highest BCUT2D eigenvalue weighted by molar-refractivity contribution is 9.10. The Kier molecular flexibility index (Phi) is 6.09. The molecule has 118 valence electrons. The van der Waals surface area contributed by atoms with Crippen LogP contribution in [0.5, 0.6) is 0 Å². The minimum atomic E-state index is -3.89. The van der Waals surface area contributed by atoms with Gasteiger partial charge in [-0.15, -0.1) is 0 Å². The molecule has 21 heavy (non-hydrogen) atoms. The highest BCUT2D eigenvalue weighted by Gasteiger charge is 2.23. The van der Waals surface area contributed by atoms with E-state index in [-0.39, 0.29) is 16.2 Å². The van der Waals surface area contributed by atoms with Crippen molar-refractivity contribution in [1.29, 1.82) is 0 Å². The van der Waals surface area contributed by atoms with E-state index in [2.05, 4.69) is 20.7 Å². The van der Waals surface area contributed by atoms with Crippen molar-refractivity contribution in [3.05, 3.63) is 27.7 Å². The molecule has 6 nitrogen and oxygen atoms in total. The second-order valence-corrected chi connectivity index (χ2v) is 8.67. The summed E-state index contributed by atoms with van der Waals surface area (Å²) in [4.78, 5) is 10.9. The number of sulfonamides is 1. The molecule has 0 bridgehead atoms. The summed E-state index contributed by atoms with van der Waals surface area (Å²) in [6.45, 7) is 3.18. The Balaban J connectivity index is 3.25. The number of carbonyl (C=O) groups is 1. The molecule has 0 aliphatic heterocycles. The minimum absolute atomic E-state index is 0.108. The van der Waals surface area contributed by atoms with Crippen molar-refractivity contribution >= 4 is 42.7 Å². The van der Waals surface area contributed by atoms with Crippen molar-refractivity contribution in [1.82, 2.24) is 4.72 Å². The maximum absolute atomic E-state index is 12.3. The topological polar surface area (TPSA) is 101 Å². The van der Waals surface area contributed by atoms with Crippen molar-refractivity contribution in [3.63, 3.8) is 0 Å². The second kappa shape index (κ2) is 6.99. The summed E-state index contributed by atoms with van der Waals surface area (Å²) < 4.78 is 38.6. The standard InChI is InChI=1S/C12H16BrNO5S2/c1-7(6-20(3)17)14-21(18,19)11-5-9(12(15)16)4-10(13)8(11)2/h4-5,7,14H,6H2,1-3H3,(H,15,16). The molecule has 0 saturated carbocycles. The monoisotopic (exact) mass is 397 g/mol. The summed E-state index contributed by atoms with van der Waals surface area (Å²) in [7, 11) is -5.03. The quantitative estimate of drug-likeness (QED) is 0.757. The van der Waals surface area contributed by atoms with E-state index in [4.69, 9.17) is 5.11 Å². The second-order valence-electron chi connectivity index (χ2n) is 4.65. The molecule has 0 heterocycles. The van der Waals surface area contributed by atoms with Crippen LogP contribution >= 0.6 is 15.9 Å². The lowest BCUT2D eigenvalue weighted by atomic mass is 10.1. The lowest BCUT2D eigenvalue weighted by molar-refractivity contribution is 0.0696. The van der Waals surface area contributed by atoms with Gasteiger partial charge < -0.3 is 5.11 Å². The zero-order valence-corrected chi connectivity index (χ0v) is 14.9. The summed E-state index contributed by atoms with van der Waals surface area (Å²) >= 11 is 3.16. The van der Waals surface area contributed by atoms with E-state index in [1.54, 1.807) is 13.8 Å². The molecule has 1 rings (SSSR count). The van der Waals surface area contributed by atoms with Crippen LogP contribution in [0.3, 0.4) is 0 Å². The molecule has 0 amide bonds. The normalized spacial score (nSPS) is 14.7. The molecule has 1 aromatic rings. The van der Waals surface area contributed by atoms with Crippen molar-refractivity contribution < 1.29 is 22.5 Å². The molecule has 0 fully saturated rings. The predicted octanol–water partition coefficient (Wildman–Crippen LogP) is 1.50. The van der Waals surface area contributed by atoms with Crippen LogP contribution in [0.2, 0.25) is 0 Å². The van der Waals surface area contributed by atoms with Crippen molar-refractivity contribution in [2.75, 3.05) is 12.0 Å². The van der Waals surface area contributed by atoms with Gasteiger partial charge >= 0.3 is 5.97 Å². The number of hydrogen-bond acceptors (Lipinski definition) is 4. The summed E-state index contributed by atoms with van der Waals surface area (Å²) in [5.74, 6) is -1.03. The number of hydrogen-bond donors (Lipinski definition) is 2. The Morgan fingerprint density at radius 1 is 1.48 bits per heavy atom. The fourth-order valence-corrected chi connectivity index (χ4v) is 4.79. The molecule has 2 atom stereocenters. The third-order valence-electron chi connectivity index (χ3n) is 2.67. The van der Waals surface area contributed by atoms with Gasteiger partial charge in [0.25, 0.3) is 0 Å². The van der Waals surface area contributed by atoms with Gasteiger partial charge in [-0.1, -0.05) is 15.9 Å². The molecule has 0 saturated heterocycles. The Labute approximate surface area is 134 Å². The fraction of sp³-hybridized carbons (Fsp3) is 0.417. The Bertz CT molecular complexity index is 687. The molecule has 0 spiro atoms. The van der Waals surface area contributed by atoms with Gasteiger partial charge in [-0.25, -0.2) is 17.9 Å². The Hall–Kier alpha value is -0.770. The number of carboxylic acids is 1. The van der Waals surface area contributed by atoms with Gasteiger partial charge in [-0.3, -0.25) is 4.21 Å². The zero-order chi connectivity index (χ0) is 16.4. The average molecular weight is 398 g/mol. The van der Waals surface area contributed by atoms with Crippen molar-refractivity contribution in [3.8, 4) is 0 Å². The van der Waals surface area contributed by atoms with Gasteiger partial charge in [0.2, 0.25) is 10.0 Å². The van der Waals surface area contributed by atoms with Crippen LogP contribution in [0, 0.1) is 6.92 Å². The Morgan fingerprint density at radius 3 is 2.52 bits per heavy atom. The third-order valence-corrected chi connectivity index (χ3v) is 6.18. The first-order valence-corrected chi connectivity index (χ1v) is 9.90. The average Bonchev–Trinajstić information content (AvgIpc) is 2.29. The van der Waals surface area contributed by atoms with E-state index in [1.807, 2.05) is 0 Å². The Morgan fingerprint density at radius 2 is 2.05 bits per heavy atom. The van der Waals surface area contributed by atoms with E-state index in [9.17, 15) is 17.4 Å². The van der Waals surface area contributed by atoms with Crippen molar-refractivity contribution in [2.24, 2.45) is 0 Å². The van der Waals surface area contributed by atoms with E-state index in [0.717, 1.165) is 6.07 Å². The maximum Gasteiger partial charge on any atom is 0.335 e. The third kappa shape index (κ3) is 4.87. The summed E-state index contributed by atoms with van der Waals surface area (Å²) in [5.41, 5.74) is 0.289. The summed E-state index contributed by atoms with van der Waals surface area (Å²) in [6.07, 6.45) is 1.48. The van der Waals surface area contributed by atoms with Gasteiger partial charge in [-0.2, -0.15) is 0 Å². The van der Waals surface area contributed by atoms with E-state index < -0.39 is 32.8 Å². The first-order valence-electron chi connectivity index (χ1n) is 5.90. The number of aromatic carboxylic acids is 1. The van der Waals surface area contributed by atoms with Gasteiger partial charge in [0, 0.05) is 33.3 Å². The zero-order valence-electron chi connectivity index (χ0n) is 11.7. The number of rotatable bonds is 6. The summed E-state index contributed by atoms with van der Waals surface area (Å²) in [5, 5.41) is 9.01. The van der Waals surface area contributed by atoms with Crippen LogP contribution in [0.25, 0.3) is 0 Å². The molecule has 2 N–H and O–H groups in total. The highest BCUT2D eigenvalue weighted by Crippen LogP contribution is 2.26. The van der Waals surface area contributed by atoms with Gasteiger partial charge in [0.1, 0.15) is 0 Å². The smallest absolute Gasteiger partial charge is 0.335 e. The van der Waals surface area contributed by atoms with Crippen LogP contribution in [0.1, 0.15) is 22.8 Å². The first-order chi connectivity index (χ1) is 9.54. The molecule has 1 aromatic carbocycles. The largest absolute Gasteiger partial charge is 0.478 e. The van der Waals surface area contributed by atoms with Crippen LogP contribution in [0.4, 0.5) is 0 Å². The number of benzene rings is 1. The first kappa shape index (κ1) is 18.3. The molecule has 0 aliphatic carbocycles. The lowest BCUT2D eigenvalue weighted by Crippen LogP contribution is -2.36. The highest BCUT2D eigenvalue weighted by atomic mass is 79.9. The molecular formula is C12H16BrNO5S2.